The third-order valence-corrected chi connectivity index (χ3v) is 3.44. The van der Waals surface area contributed by atoms with Gasteiger partial charge in [0.15, 0.2) is 0 Å². The Kier molecular flexibility index (Phi) is 6.36. The van der Waals surface area contributed by atoms with Crippen LogP contribution in [0, 0.1) is 0 Å². The van der Waals surface area contributed by atoms with Crippen molar-refractivity contribution in [1.29, 1.82) is 0 Å². The molecule has 0 radical (unpaired) electrons. The van der Waals surface area contributed by atoms with Crippen LogP contribution in [0.4, 0.5) is 0 Å². The number of halogens is 1. The lowest BCUT2D eigenvalue weighted by molar-refractivity contribution is -0.121. The van der Waals surface area contributed by atoms with E-state index in [9.17, 15) is 4.79 Å². The molecule has 18 heavy (non-hydrogen) atoms. The van der Waals surface area contributed by atoms with Crippen molar-refractivity contribution in [2.75, 3.05) is 6.54 Å². The molecule has 1 rings (SSSR count). The summed E-state index contributed by atoms with van der Waals surface area (Å²) in [6, 6.07) is 8.37. The molecular weight excluding hydrogens is 292 g/mol. The lowest BCUT2D eigenvalue weighted by Crippen LogP contribution is -2.38. The average molecular weight is 313 g/mol. The van der Waals surface area contributed by atoms with Crippen molar-refractivity contribution < 1.29 is 4.79 Å². The Morgan fingerprint density at radius 3 is 2.72 bits per heavy atom. The highest BCUT2D eigenvalue weighted by atomic mass is 79.9. The van der Waals surface area contributed by atoms with Gasteiger partial charge in [0.2, 0.25) is 5.91 Å². The van der Waals surface area contributed by atoms with E-state index in [1.165, 1.54) is 0 Å². The van der Waals surface area contributed by atoms with Crippen molar-refractivity contribution in [2.45, 2.75) is 39.3 Å². The molecule has 0 saturated heterocycles. The molecule has 0 aliphatic rings. The van der Waals surface area contributed by atoms with Gasteiger partial charge < -0.3 is 10.6 Å². The van der Waals surface area contributed by atoms with Crippen LogP contribution < -0.4 is 10.6 Å². The monoisotopic (exact) mass is 312 g/mol. The summed E-state index contributed by atoms with van der Waals surface area (Å²) in [6.07, 6.45) is 1.02. The molecule has 1 aromatic rings. The summed E-state index contributed by atoms with van der Waals surface area (Å²) in [6.45, 7) is 6.53. The van der Waals surface area contributed by atoms with E-state index in [1.54, 1.807) is 0 Å². The molecule has 3 nitrogen and oxygen atoms in total. The first kappa shape index (κ1) is 15.2. The third kappa shape index (κ3) is 5.19. The molecule has 4 heteroatoms. The number of rotatable bonds is 6. The van der Waals surface area contributed by atoms with E-state index in [0.717, 1.165) is 16.5 Å². The highest BCUT2D eigenvalue weighted by Crippen LogP contribution is 2.17. The molecule has 2 unspecified atom stereocenters. The maximum absolute atomic E-state index is 11.7. The van der Waals surface area contributed by atoms with Gasteiger partial charge in [0, 0.05) is 10.5 Å². The predicted molar refractivity (Wildman–Crippen MR) is 78.5 cm³/mol. The van der Waals surface area contributed by atoms with E-state index in [4.69, 9.17) is 0 Å². The molecule has 0 aliphatic carbocycles. The Morgan fingerprint density at radius 2 is 2.11 bits per heavy atom. The van der Waals surface area contributed by atoms with E-state index in [-0.39, 0.29) is 11.9 Å². The van der Waals surface area contributed by atoms with Gasteiger partial charge in [-0.25, -0.2) is 0 Å². The van der Waals surface area contributed by atoms with Crippen LogP contribution in [0.3, 0.4) is 0 Å². The van der Waals surface area contributed by atoms with Gasteiger partial charge in [0.25, 0.3) is 0 Å². The lowest BCUT2D eigenvalue weighted by Gasteiger charge is -2.16. The van der Waals surface area contributed by atoms with Crippen molar-refractivity contribution in [3.63, 3.8) is 0 Å². The minimum Gasteiger partial charge on any atom is -0.348 e. The number of hydrogen-bond acceptors (Lipinski definition) is 2. The molecule has 0 bridgehead atoms. The van der Waals surface area contributed by atoms with Gasteiger partial charge in [-0.05, 0) is 38.0 Å². The molecule has 0 saturated carbocycles. The molecule has 0 aromatic heterocycles. The quantitative estimate of drug-likeness (QED) is 0.847. The number of amides is 1. The Morgan fingerprint density at radius 1 is 1.39 bits per heavy atom. The zero-order valence-corrected chi connectivity index (χ0v) is 12.8. The number of carbonyl (C=O) groups excluding carboxylic acids is 1. The van der Waals surface area contributed by atoms with Gasteiger partial charge in [-0.2, -0.15) is 0 Å². The minimum atomic E-state index is 0.0220. The lowest BCUT2D eigenvalue weighted by atomic mass is 10.1. The summed E-state index contributed by atoms with van der Waals surface area (Å²) >= 11 is 3.43. The number of nitrogens with one attached hydrogen (secondary N) is 2. The summed E-state index contributed by atoms with van der Waals surface area (Å²) in [5.41, 5.74) is 1.10. The van der Waals surface area contributed by atoms with Gasteiger partial charge in [-0.1, -0.05) is 35.0 Å². The van der Waals surface area contributed by atoms with Crippen LogP contribution in [0.1, 0.15) is 38.8 Å². The first-order valence-corrected chi connectivity index (χ1v) is 7.10. The van der Waals surface area contributed by atoms with Gasteiger partial charge in [0.1, 0.15) is 0 Å². The van der Waals surface area contributed by atoms with Crippen LogP contribution >= 0.6 is 15.9 Å². The Hall–Kier alpha value is -0.870. The largest absolute Gasteiger partial charge is 0.348 e. The second kappa shape index (κ2) is 7.54. The van der Waals surface area contributed by atoms with Crippen molar-refractivity contribution in [3.8, 4) is 0 Å². The van der Waals surface area contributed by atoms with E-state index >= 15 is 0 Å². The van der Waals surface area contributed by atoms with Crippen LogP contribution in [0.2, 0.25) is 0 Å². The first-order chi connectivity index (χ1) is 8.52. The highest BCUT2D eigenvalue weighted by Gasteiger charge is 2.10. The maximum atomic E-state index is 11.7. The van der Waals surface area contributed by atoms with Crippen LogP contribution in [0.5, 0.6) is 0 Å². The van der Waals surface area contributed by atoms with E-state index in [2.05, 4.69) is 40.4 Å². The Labute approximate surface area is 117 Å². The second-order valence-electron chi connectivity index (χ2n) is 4.53. The summed E-state index contributed by atoms with van der Waals surface area (Å²) in [5, 5.41) is 6.16. The zero-order valence-electron chi connectivity index (χ0n) is 11.2. The fourth-order valence-electron chi connectivity index (χ4n) is 1.56. The minimum absolute atomic E-state index is 0.0220. The standard InChI is InChI=1S/C14H21BrN2O/c1-4-10(2)16-9-14(18)17-11(3)12-6-5-7-13(15)8-12/h5-8,10-11,16H,4,9H2,1-3H3,(H,17,18). The van der Waals surface area contributed by atoms with Gasteiger partial charge in [-0.3, -0.25) is 4.79 Å². The molecule has 0 heterocycles. The molecule has 2 atom stereocenters. The van der Waals surface area contributed by atoms with Gasteiger partial charge in [0.05, 0.1) is 12.6 Å². The first-order valence-electron chi connectivity index (χ1n) is 6.31. The zero-order chi connectivity index (χ0) is 13.5. The number of carbonyl (C=O) groups is 1. The van der Waals surface area contributed by atoms with Crippen molar-refractivity contribution in [3.05, 3.63) is 34.3 Å². The second-order valence-corrected chi connectivity index (χ2v) is 5.45. The molecular formula is C14H21BrN2O. The normalized spacial score (nSPS) is 14.0. The van der Waals surface area contributed by atoms with E-state index < -0.39 is 0 Å². The van der Waals surface area contributed by atoms with Crippen LogP contribution in [-0.4, -0.2) is 18.5 Å². The van der Waals surface area contributed by atoms with Crippen molar-refractivity contribution in [1.82, 2.24) is 10.6 Å². The van der Waals surface area contributed by atoms with E-state index in [0.29, 0.717) is 12.6 Å². The fourth-order valence-corrected chi connectivity index (χ4v) is 1.98. The van der Waals surface area contributed by atoms with Crippen molar-refractivity contribution in [2.24, 2.45) is 0 Å². The van der Waals surface area contributed by atoms with Crippen LogP contribution in [-0.2, 0) is 4.79 Å². The van der Waals surface area contributed by atoms with Gasteiger partial charge >= 0.3 is 0 Å². The van der Waals surface area contributed by atoms with Crippen LogP contribution in [0.25, 0.3) is 0 Å². The molecule has 0 fully saturated rings. The molecule has 1 amide bonds. The third-order valence-electron chi connectivity index (χ3n) is 2.95. The fraction of sp³-hybridized carbons (Fsp3) is 0.500. The molecule has 1 aromatic carbocycles. The predicted octanol–water partition coefficient (Wildman–Crippen LogP) is 3.01. The summed E-state index contributed by atoms with van der Waals surface area (Å²) < 4.78 is 1.03. The SMILES string of the molecule is CCC(C)NCC(=O)NC(C)c1cccc(Br)c1. The Balaban J connectivity index is 2.44. The molecule has 0 spiro atoms. The smallest absolute Gasteiger partial charge is 0.234 e. The van der Waals surface area contributed by atoms with Crippen LogP contribution in [0.15, 0.2) is 28.7 Å². The number of hydrogen-bond donors (Lipinski definition) is 2. The number of benzene rings is 1. The average Bonchev–Trinajstić information content (AvgIpc) is 2.35. The summed E-state index contributed by atoms with van der Waals surface area (Å²) in [7, 11) is 0. The molecule has 100 valence electrons. The summed E-state index contributed by atoms with van der Waals surface area (Å²) in [5.74, 6) is 0.0303. The maximum Gasteiger partial charge on any atom is 0.234 e. The Bertz CT molecular complexity index is 395. The molecule has 0 aliphatic heterocycles. The van der Waals surface area contributed by atoms with Gasteiger partial charge in [-0.15, -0.1) is 0 Å². The highest BCUT2D eigenvalue weighted by molar-refractivity contribution is 9.10. The topological polar surface area (TPSA) is 41.1 Å². The van der Waals surface area contributed by atoms with E-state index in [1.807, 2.05) is 31.2 Å². The molecule has 2 N–H and O–H groups in total. The summed E-state index contributed by atoms with van der Waals surface area (Å²) in [4.78, 5) is 11.7. The van der Waals surface area contributed by atoms with Crippen molar-refractivity contribution >= 4 is 21.8 Å².